The van der Waals surface area contributed by atoms with Crippen molar-refractivity contribution < 1.29 is 27.7 Å². The second-order valence-electron chi connectivity index (χ2n) is 9.99. The van der Waals surface area contributed by atoms with E-state index in [0.29, 0.717) is 0 Å². The largest absolute Gasteiger partial charge is 0.495 e. The van der Waals surface area contributed by atoms with Crippen LogP contribution in [0.1, 0.15) is 45.2 Å². The first-order valence-corrected chi connectivity index (χ1v) is 13.9. The minimum atomic E-state index is -4.10. The van der Waals surface area contributed by atoms with Gasteiger partial charge in [0.25, 0.3) is 5.69 Å². The maximum atomic E-state index is 13.8. The van der Waals surface area contributed by atoms with Crippen molar-refractivity contribution in [3.63, 3.8) is 0 Å². The molecule has 2 aromatic rings. The lowest BCUT2D eigenvalue weighted by Crippen LogP contribution is -2.55. The number of carbonyl (C=O) groups excluding carboxylic acids is 2. The molecule has 208 valence electrons. The van der Waals surface area contributed by atoms with Crippen molar-refractivity contribution in [2.24, 2.45) is 0 Å². The zero-order valence-corrected chi connectivity index (χ0v) is 23.7. The number of nitro benzene ring substituents is 1. The minimum Gasteiger partial charge on any atom is -0.495 e. The number of methoxy groups -OCH3 is 1. The molecule has 11 nitrogen and oxygen atoms in total. The van der Waals surface area contributed by atoms with Crippen molar-refractivity contribution in [3.05, 3.63) is 63.7 Å². The van der Waals surface area contributed by atoms with Crippen LogP contribution in [-0.4, -0.2) is 61.5 Å². The fourth-order valence-electron chi connectivity index (χ4n) is 3.93. The molecule has 0 radical (unpaired) electrons. The Labute approximate surface area is 224 Å². The summed E-state index contributed by atoms with van der Waals surface area (Å²) in [5, 5.41) is 14.3. The van der Waals surface area contributed by atoms with Crippen molar-refractivity contribution in [2.45, 2.75) is 59.2 Å². The lowest BCUT2D eigenvalue weighted by atomic mass is 10.0. The number of non-ortho nitro benzene ring substituents is 1. The molecule has 38 heavy (non-hydrogen) atoms. The molecule has 1 N–H and O–H groups in total. The molecule has 0 aliphatic heterocycles. The van der Waals surface area contributed by atoms with Crippen molar-refractivity contribution in [1.82, 2.24) is 10.2 Å². The summed E-state index contributed by atoms with van der Waals surface area (Å²) in [4.78, 5) is 39.2. The Hall–Kier alpha value is -3.67. The number of nitrogens with one attached hydrogen (secondary N) is 1. The quantitative estimate of drug-likeness (QED) is 0.335. The highest BCUT2D eigenvalue weighted by molar-refractivity contribution is 7.92. The predicted octanol–water partition coefficient (Wildman–Crippen LogP) is 3.40. The van der Waals surface area contributed by atoms with Gasteiger partial charge >= 0.3 is 0 Å². The van der Waals surface area contributed by atoms with Gasteiger partial charge in [0.2, 0.25) is 21.8 Å². The number of amides is 2. The summed E-state index contributed by atoms with van der Waals surface area (Å²) >= 11 is 0. The van der Waals surface area contributed by atoms with E-state index in [9.17, 15) is 28.1 Å². The molecule has 0 spiro atoms. The first-order chi connectivity index (χ1) is 17.6. The lowest BCUT2D eigenvalue weighted by molar-refractivity contribution is -0.384. The maximum absolute atomic E-state index is 13.8. The lowest BCUT2D eigenvalue weighted by Gasteiger charge is -2.35. The van der Waals surface area contributed by atoms with Gasteiger partial charge in [0.1, 0.15) is 24.0 Å². The molecule has 0 bridgehead atoms. The molecule has 0 aliphatic carbocycles. The number of hydrogen-bond donors (Lipinski definition) is 1. The van der Waals surface area contributed by atoms with Gasteiger partial charge in [-0.05, 0) is 51.3 Å². The van der Waals surface area contributed by atoms with E-state index in [2.05, 4.69) is 5.32 Å². The van der Waals surface area contributed by atoms with E-state index in [1.807, 2.05) is 52.0 Å². The summed E-state index contributed by atoms with van der Waals surface area (Å²) in [5.41, 5.74) is 0.616. The monoisotopic (exact) mass is 548 g/mol. The number of nitrogens with zero attached hydrogens (tertiary/aromatic N) is 3. The number of benzene rings is 2. The molecule has 0 saturated heterocycles. The Morgan fingerprint density at radius 2 is 1.79 bits per heavy atom. The Bertz CT molecular complexity index is 1290. The summed E-state index contributed by atoms with van der Waals surface area (Å²) in [6.07, 6.45) is 1.17. The van der Waals surface area contributed by atoms with Gasteiger partial charge in [0.05, 0.1) is 18.3 Å². The molecule has 2 amide bonds. The Morgan fingerprint density at radius 3 is 2.29 bits per heavy atom. The van der Waals surface area contributed by atoms with Gasteiger partial charge in [-0.2, -0.15) is 0 Å². The van der Waals surface area contributed by atoms with Crippen LogP contribution in [0, 0.1) is 17.0 Å². The third-order valence-corrected chi connectivity index (χ3v) is 6.93. The molecule has 0 unspecified atom stereocenters. The van der Waals surface area contributed by atoms with Gasteiger partial charge in [-0.15, -0.1) is 0 Å². The summed E-state index contributed by atoms with van der Waals surface area (Å²) in [6.45, 7) is 8.49. The zero-order valence-electron chi connectivity index (χ0n) is 22.8. The van der Waals surface area contributed by atoms with E-state index in [0.717, 1.165) is 27.8 Å². The number of anilines is 1. The van der Waals surface area contributed by atoms with Gasteiger partial charge in [-0.25, -0.2) is 8.42 Å². The van der Waals surface area contributed by atoms with E-state index >= 15 is 0 Å². The van der Waals surface area contributed by atoms with E-state index in [4.69, 9.17) is 4.74 Å². The van der Waals surface area contributed by atoms with Crippen LogP contribution in [0.3, 0.4) is 0 Å². The zero-order chi connectivity index (χ0) is 28.8. The Kier molecular flexibility index (Phi) is 9.85. The third-order valence-electron chi connectivity index (χ3n) is 5.81. The summed E-state index contributed by atoms with van der Waals surface area (Å²) < 4.78 is 31.7. The van der Waals surface area contributed by atoms with Crippen LogP contribution in [0.4, 0.5) is 11.4 Å². The molecule has 0 heterocycles. The highest BCUT2D eigenvalue weighted by Gasteiger charge is 2.34. The van der Waals surface area contributed by atoms with Crippen molar-refractivity contribution in [2.75, 3.05) is 24.2 Å². The second-order valence-corrected chi connectivity index (χ2v) is 11.9. The minimum absolute atomic E-state index is 0.0387. The number of carbonyl (C=O) groups is 2. The van der Waals surface area contributed by atoms with E-state index in [1.54, 1.807) is 6.92 Å². The molecule has 2 aromatic carbocycles. The summed E-state index contributed by atoms with van der Waals surface area (Å²) in [5.74, 6) is -0.985. The van der Waals surface area contributed by atoms with Crippen LogP contribution < -0.4 is 14.4 Å². The molecule has 2 rings (SSSR count). The average molecular weight is 549 g/mol. The molecule has 0 aliphatic rings. The summed E-state index contributed by atoms with van der Waals surface area (Å²) in [6, 6.07) is 9.99. The first-order valence-electron chi connectivity index (χ1n) is 12.0. The predicted molar refractivity (Wildman–Crippen MR) is 146 cm³/mol. The number of nitro groups is 1. The maximum Gasteiger partial charge on any atom is 0.271 e. The molecule has 1 atom stereocenters. The van der Waals surface area contributed by atoms with Crippen molar-refractivity contribution in [1.29, 1.82) is 0 Å². The molecule has 0 aromatic heterocycles. The number of rotatable bonds is 11. The standard InChI is InChI=1S/C26H36N4O7S/c1-8-21(25(32)27-26(3,4)5)28(16-19-12-10-9-11-18(19)2)24(31)17-29(38(7,35)36)22-15-20(30(33)34)13-14-23(22)37-6/h9-15,21H,8,16-17H2,1-7H3,(H,27,32)/t21-/m0/s1. The number of sulfonamides is 1. The van der Waals surface area contributed by atoms with E-state index in [1.165, 1.54) is 24.1 Å². The topological polar surface area (TPSA) is 139 Å². The van der Waals surface area contributed by atoms with Gasteiger partial charge in [0, 0.05) is 24.2 Å². The van der Waals surface area contributed by atoms with Crippen LogP contribution in [0.25, 0.3) is 0 Å². The number of aryl methyl sites for hydroxylation is 1. The van der Waals surface area contributed by atoms with Crippen LogP contribution in [0.5, 0.6) is 5.75 Å². The van der Waals surface area contributed by atoms with E-state index in [-0.39, 0.29) is 36.0 Å². The highest BCUT2D eigenvalue weighted by atomic mass is 32.2. The molecular weight excluding hydrogens is 512 g/mol. The molecule has 0 saturated carbocycles. The smallest absolute Gasteiger partial charge is 0.271 e. The summed E-state index contributed by atoms with van der Waals surface area (Å²) in [7, 11) is -2.81. The second kappa shape index (κ2) is 12.2. The molecule has 0 fully saturated rings. The van der Waals surface area contributed by atoms with Gasteiger partial charge < -0.3 is 15.0 Å². The van der Waals surface area contributed by atoms with Gasteiger partial charge in [-0.1, -0.05) is 31.2 Å². The molecule has 12 heteroatoms. The van der Waals surface area contributed by atoms with Gasteiger partial charge in [-0.3, -0.25) is 24.0 Å². The van der Waals surface area contributed by atoms with Crippen LogP contribution in [0.15, 0.2) is 42.5 Å². The van der Waals surface area contributed by atoms with Crippen LogP contribution in [0.2, 0.25) is 0 Å². The highest BCUT2D eigenvalue weighted by Crippen LogP contribution is 2.34. The Morgan fingerprint density at radius 1 is 1.16 bits per heavy atom. The fourth-order valence-corrected chi connectivity index (χ4v) is 4.77. The van der Waals surface area contributed by atoms with Gasteiger partial charge in [0.15, 0.2) is 0 Å². The number of hydrogen-bond acceptors (Lipinski definition) is 7. The number of ether oxygens (including phenoxy) is 1. The van der Waals surface area contributed by atoms with E-state index < -0.39 is 39.0 Å². The van der Waals surface area contributed by atoms with Crippen LogP contribution in [-0.2, 0) is 26.2 Å². The van der Waals surface area contributed by atoms with Crippen LogP contribution >= 0.6 is 0 Å². The first kappa shape index (κ1) is 30.6. The normalized spacial score (nSPS) is 12.4. The molecular formula is C26H36N4O7S. The third kappa shape index (κ3) is 7.91. The van der Waals surface area contributed by atoms with Crippen molar-refractivity contribution >= 4 is 33.2 Å². The SMILES string of the molecule is CC[C@@H](C(=O)NC(C)(C)C)N(Cc1ccccc1C)C(=O)CN(c1cc([N+](=O)[O-])ccc1OC)S(C)(=O)=O. The fraction of sp³-hybridized carbons (Fsp3) is 0.462. The van der Waals surface area contributed by atoms with Crippen molar-refractivity contribution in [3.8, 4) is 5.75 Å². The Balaban J connectivity index is 2.60. The average Bonchev–Trinajstić information content (AvgIpc) is 2.81.